The Bertz CT molecular complexity index is 1730. The molecule has 0 saturated carbocycles. The molecule has 0 atom stereocenters. The molecule has 2 N–H and O–H groups in total. The highest BCUT2D eigenvalue weighted by molar-refractivity contribution is 5.83. The zero-order chi connectivity index (χ0) is 28.7. The van der Waals surface area contributed by atoms with E-state index >= 15 is 0 Å². The molecule has 3 aromatic heterocycles. The molecule has 210 valence electrons. The number of halogens is 2. The average Bonchev–Trinajstić information content (AvgIpc) is 3.31. The van der Waals surface area contributed by atoms with Crippen LogP contribution in [0, 0.1) is 18.6 Å². The monoisotopic (exact) mass is 555 g/mol. The van der Waals surface area contributed by atoms with Crippen molar-refractivity contribution in [3.05, 3.63) is 94.6 Å². The van der Waals surface area contributed by atoms with Gasteiger partial charge in [0, 0.05) is 37.4 Å². The summed E-state index contributed by atoms with van der Waals surface area (Å²) in [5.74, 6) is 0.179. The summed E-state index contributed by atoms with van der Waals surface area (Å²) in [7, 11) is 0. The number of nitrogens with zero attached hydrogens (tertiary/aromatic N) is 6. The fourth-order valence-corrected chi connectivity index (χ4v) is 5.55. The van der Waals surface area contributed by atoms with Crippen LogP contribution >= 0.6 is 0 Å². The van der Waals surface area contributed by atoms with Crippen molar-refractivity contribution in [2.75, 3.05) is 11.9 Å². The number of benzene rings is 2. The molecule has 0 aliphatic carbocycles. The molecule has 1 aliphatic heterocycles. The van der Waals surface area contributed by atoms with E-state index < -0.39 is 11.6 Å². The Labute approximate surface area is 236 Å². The smallest absolute Gasteiger partial charge is 0.229 e. The van der Waals surface area contributed by atoms with Gasteiger partial charge in [-0.05, 0) is 67.6 Å². The summed E-state index contributed by atoms with van der Waals surface area (Å²) in [6, 6.07) is 13.0. The highest BCUT2D eigenvalue weighted by Crippen LogP contribution is 2.30. The number of aromatic nitrogens is 5. The van der Waals surface area contributed by atoms with Gasteiger partial charge in [-0.1, -0.05) is 24.3 Å². The maximum atomic E-state index is 15.0. The second kappa shape index (κ2) is 10.9. The van der Waals surface area contributed by atoms with Gasteiger partial charge >= 0.3 is 0 Å². The molecule has 0 unspecified atom stereocenters. The minimum Gasteiger partial charge on any atom is -0.392 e. The van der Waals surface area contributed by atoms with E-state index in [9.17, 15) is 13.9 Å². The van der Waals surface area contributed by atoms with Crippen LogP contribution in [0.25, 0.3) is 22.3 Å². The molecule has 0 saturated heterocycles. The van der Waals surface area contributed by atoms with Gasteiger partial charge in [0.2, 0.25) is 5.95 Å². The lowest BCUT2D eigenvalue weighted by atomic mass is 9.97. The van der Waals surface area contributed by atoms with Crippen molar-refractivity contribution in [3.8, 4) is 11.3 Å². The second-order valence-corrected chi connectivity index (χ2v) is 10.7. The number of aliphatic hydroxyl groups excluding tert-OH is 1. The molecule has 2 aromatic carbocycles. The van der Waals surface area contributed by atoms with Crippen molar-refractivity contribution in [2.24, 2.45) is 0 Å². The van der Waals surface area contributed by atoms with Crippen LogP contribution in [0.2, 0.25) is 0 Å². The third kappa shape index (κ3) is 5.40. The normalized spacial score (nSPS) is 13.6. The first-order valence-corrected chi connectivity index (χ1v) is 13.7. The van der Waals surface area contributed by atoms with Gasteiger partial charge in [-0.25, -0.2) is 28.7 Å². The fraction of sp³-hybridized carbons (Fsp3) is 0.290. The lowest BCUT2D eigenvalue weighted by molar-refractivity contribution is 0.244. The SMILES string of the molecule is Cc1nc2c(F)cc(-c3nc(Nc4ccc(CN5CCc6cc(CO)ccc6C5)cn4)ncc3F)cc2n1C(C)C. The summed E-state index contributed by atoms with van der Waals surface area (Å²) in [5, 5.41) is 12.4. The molecule has 4 heterocycles. The molecular weight excluding hydrogens is 524 g/mol. The van der Waals surface area contributed by atoms with Crippen molar-refractivity contribution < 1.29 is 13.9 Å². The number of anilines is 2. The van der Waals surface area contributed by atoms with Gasteiger partial charge in [-0.3, -0.25) is 4.90 Å². The predicted octanol–water partition coefficient (Wildman–Crippen LogP) is 5.85. The van der Waals surface area contributed by atoms with E-state index in [4.69, 9.17) is 0 Å². The number of aryl methyl sites for hydroxylation is 1. The third-order valence-electron chi connectivity index (χ3n) is 7.47. The number of pyridine rings is 1. The molecule has 0 spiro atoms. The Balaban J connectivity index is 1.18. The van der Waals surface area contributed by atoms with Gasteiger partial charge in [-0.2, -0.15) is 0 Å². The Kier molecular flexibility index (Phi) is 7.19. The molecule has 5 aromatic rings. The molecular formula is C31H31F2N7O. The highest BCUT2D eigenvalue weighted by atomic mass is 19.1. The molecule has 1 aliphatic rings. The molecule has 8 nitrogen and oxygen atoms in total. The van der Waals surface area contributed by atoms with Gasteiger partial charge in [0.15, 0.2) is 11.6 Å². The van der Waals surface area contributed by atoms with Crippen molar-refractivity contribution in [1.82, 2.24) is 29.4 Å². The largest absolute Gasteiger partial charge is 0.392 e. The maximum Gasteiger partial charge on any atom is 0.229 e. The van der Waals surface area contributed by atoms with Crippen LogP contribution in [-0.4, -0.2) is 41.1 Å². The van der Waals surface area contributed by atoms with E-state index in [1.807, 2.05) is 43.5 Å². The number of aliphatic hydroxyl groups is 1. The van der Waals surface area contributed by atoms with E-state index in [1.54, 1.807) is 12.3 Å². The molecule has 0 amide bonds. The maximum absolute atomic E-state index is 15.0. The van der Waals surface area contributed by atoms with E-state index in [-0.39, 0.29) is 29.8 Å². The van der Waals surface area contributed by atoms with Gasteiger partial charge in [-0.15, -0.1) is 0 Å². The molecule has 0 fully saturated rings. The Morgan fingerprint density at radius 3 is 2.54 bits per heavy atom. The number of rotatable bonds is 7. The molecule has 0 radical (unpaired) electrons. The first-order chi connectivity index (χ1) is 19.8. The lowest BCUT2D eigenvalue weighted by Crippen LogP contribution is -2.30. The quantitative estimate of drug-likeness (QED) is 0.260. The summed E-state index contributed by atoms with van der Waals surface area (Å²) < 4.78 is 31.8. The van der Waals surface area contributed by atoms with Crippen LogP contribution in [0.4, 0.5) is 20.5 Å². The summed E-state index contributed by atoms with van der Waals surface area (Å²) in [6.07, 6.45) is 3.82. The Hall–Kier alpha value is -4.28. The van der Waals surface area contributed by atoms with Crippen LogP contribution < -0.4 is 5.32 Å². The van der Waals surface area contributed by atoms with Gasteiger partial charge in [0.05, 0.1) is 18.3 Å². The van der Waals surface area contributed by atoms with Crippen LogP contribution in [0.3, 0.4) is 0 Å². The van der Waals surface area contributed by atoms with Crippen molar-refractivity contribution in [1.29, 1.82) is 0 Å². The van der Waals surface area contributed by atoms with Crippen molar-refractivity contribution >= 4 is 22.8 Å². The zero-order valence-corrected chi connectivity index (χ0v) is 23.2. The zero-order valence-electron chi connectivity index (χ0n) is 23.2. The number of hydrogen-bond acceptors (Lipinski definition) is 7. The Morgan fingerprint density at radius 1 is 0.951 bits per heavy atom. The van der Waals surface area contributed by atoms with Crippen LogP contribution in [0.5, 0.6) is 0 Å². The fourth-order valence-electron chi connectivity index (χ4n) is 5.55. The summed E-state index contributed by atoms with van der Waals surface area (Å²) in [6.45, 7) is 8.39. The standard InChI is InChI=1S/C31H31F2N7O/c1-18(2)40-19(3)36-30-25(32)11-24(12-27(30)40)29-26(33)14-35-31(38-29)37-28-7-5-21(13-34-28)15-39-9-8-22-10-20(17-41)4-6-23(22)16-39/h4-7,10-14,18,41H,8-9,15-17H2,1-3H3,(H,34,35,37,38). The van der Waals surface area contributed by atoms with E-state index in [0.29, 0.717) is 22.7 Å². The molecule has 41 heavy (non-hydrogen) atoms. The number of fused-ring (bicyclic) bond motifs is 2. The lowest BCUT2D eigenvalue weighted by Gasteiger charge is -2.29. The predicted molar refractivity (Wildman–Crippen MR) is 153 cm³/mol. The van der Waals surface area contributed by atoms with Crippen molar-refractivity contribution in [3.63, 3.8) is 0 Å². The van der Waals surface area contributed by atoms with Crippen LogP contribution in [0.1, 0.15) is 48.0 Å². The third-order valence-corrected chi connectivity index (χ3v) is 7.47. The van der Waals surface area contributed by atoms with E-state index in [1.165, 1.54) is 17.2 Å². The minimum atomic E-state index is -0.652. The molecule has 6 rings (SSSR count). The number of imidazole rings is 1. The summed E-state index contributed by atoms with van der Waals surface area (Å²) in [5.41, 5.74) is 5.73. The minimum absolute atomic E-state index is 0.00873. The first-order valence-electron chi connectivity index (χ1n) is 13.7. The molecule has 10 heteroatoms. The van der Waals surface area contributed by atoms with Crippen molar-refractivity contribution in [2.45, 2.75) is 52.9 Å². The summed E-state index contributed by atoms with van der Waals surface area (Å²) >= 11 is 0. The number of hydrogen-bond donors (Lipinski definition) is 2. The first kappa shape index (κ1) is 26.9. The Morgan fingerprint density at radius 2 is 1.78 bits per heavy atom. The van der Waals surface area contributed by atoms with E-state index in [2.05, 4.69) is 42.3 Å². The summed E-state index contributed by atoms with van der Waals surface area (Å²) in [4.78, 5) is 19.7. The van der Waals surface area contributed by atoms with Gasteiger partial charge in [0.1, 0.15) is 22.9 Å². The molecule has 0 bridgehead atoms. The topological polar surface area (TPSA) is 92.0 Å². The van der Waals surface area contributed by atoms with E-state index in [0.717, 1.165) is 43.4 Å². The number of nitrogens with one attached hydrogen (secondary N) is 1. The van der Waals surface area contributed by atoms with Crippen LogP contribution in [-0.2, 0) is 26.1 Å². The average molecular weight is 556 g/mol. The van der Waals surface area contributed by atoms with Crippen LogP contribution in [0.15, 0.2) is 54.9 Å². The second-order valence-electron chi connectivity index (χ2n) is 10.7. The van der Waals surface area contributed by atoms with Gasteiger partial charge < -0.3 is 15.0 Å². The van der Waals surface area contributed by atoms with Gasteiger partial charge in [0.25, 0.3) is 0 Å². The highest BCUT2D eigenvalue weighted by Gasteiger charge is 2.19.